The molecule has 0 radical (unpaired) electrons. The summed E-state index contributed by atoms with van der Waals surface area (Å²) < 4.78 is 20.3. The number of ether oxygens (including phenoxy) is 1. The molecule has 0 aliphatic carbocycles. The monoisotopic (exact) mass is 277 g/mol. The number of hydrogen-bond donors (Lipinski definition) is 1. The second-order valence-corrected chi connectivity index (χ2v) is 4.69. The molecule has 108 valence electrons. The lowest BCUT2D eigenvalue weighted by Gasteiger charge is -2.18. The first-order chi connectivity index (χ1) is 9.63. The second kappa shape index (κ2) is 6.52. The van der Waals surface area contributed by atoms with Crippen LogP contribution >= 0.6 is 0 Å². The standard InChI is InChI=1S/C15H20FN3O/c1-4-17-14(10-12-7-8-19(2)18-12)11-5-6-13(16)15(9-11)20-3/h5-9,14,17H,4,10H2,1-3H3. The van der Waals surface area contributed by atoms with Gasteiger partial charge in [0.25, 0.3) is 0 Å². The van der Waals surface area contributed by atoms with Crippen LogP contribution in [0.2, 0.25) is 0 Å². The molecule has 2 aromatic rings. The number of nitrogens with zero attached hydrogens (tertiary/aromatic N) is 2. The average molecular weight is 277 g/mol. The van der Waals surface area contributed by atoms with Gasteiger partial charge in [-0.1, -0.05) is 13.0 Å². The Morgan fingerprint density at radius 1 is 1.40 bits per heavy atom. The van der Waals surface area contributed by atoms with E-state index in [1.807, 2.05) is 26.2 Å². The molecule has 1 aromatic carbocycles. The van der Waals surface area contributed by atoms with E-state index in [4.69, 9.17) is 4.74 Å². The van der Waals surface area contributed by atoms with Gasteiger partial charge in [0.1, 0.15) is 0 Å². The molecule has 0 saturated heterocycles. The second-order valence-electron chi connectivity index (χ2n) is 4.69. The van der Waals surface area contributed by atoms with Crippen molar-refractivity contribution in [3.63, 3.8) is 0 Å². The molecule has 0 amide bonds. The van der Waals surface area contributed by atoms with E-state index in [1.165, 1.54) is 13.2 Å². The number of benzene rings is 1. The van der Waals surface area contributed by atoms with E-state index in [0.29, 0.717) is 0 Å². The first kappa shape index (κ1) is 14.5. The molecule has 0 aliphatic heterocycles. The predicted octanol–water partition coefficient (Wildman–Crippen LogP) is 2.46. The van der Waals surface area contributed by atoms with Crippen molar-refractivity contribution in [2.75, 3.05) is 13.7 Å². The van der Waals surface area contributed by atoms with E-state index in [1.54, 1.807) is 16.8 Å². The first-order valence-electron chi connectivity index (χ1n) is 6.69. The lowest BCUT2D eigenvalue weighted by atomic mass is 10.0. The van der Waals surface area contributed by atoms with Crippen molar-refractivity contribution in [1.82, 2.24) is 15.1 Å². The van der Waals surface area contributed by atoms with Gasteiger partial charge in [0, 0.05) is 25.7 Å². The molecule has 1 heterocycles. The fourth-order valence-corrected chi connectivity index (χ4v) is 2.23. The molecule has 1 unspecified atom stereocenters. The minimum Gasteiger partial charge on any atom is -0.494 e. The van der Waals surface area contributed by atoms with E-state index in [0.717, 1.165) is 24.2 Å². The van der Waals surface area contributed by atoms with Crippen molar-refractivity contribution in [2.45, 2.75) is 19.4 Å². The van der Waals surface area contributed by atoms with Crippen molar-refractivity contribution < 1.29 is 9.13 Å². The maximum absolute atomic E-state index is 13.5. The van der Waals surface area contributed by atoms with Gasteiger partial charge < -0.3 is 10.1 Å². The topological polar surface area (TPSA) is 39.1 Å². The summed E-state index contributed by atoms with van der Waals surface area (Å²) in [5.74, 6) is -0.0734. The minimum absolute atomic E-state index is 0.0874. The number of aryl methyl sites for hydroxylation is 1. The van der Waals surface area contributed by atoms with Crippen molar-refractivity contribution in [3.05, 3.63) is 47.5 Å². The SMILES string of the molecule is CCNC(Cc1ccn(C)n1)c1ccc(F)c(OC)c1. The number of rotatable bonds is 6. The summed E-state index contributed by atoms with van der Waals surface area (Å²) in [6, 6.07) is 7.05. The van der Waals surface area contributed by atoms with Gasteiger partial charge in [0.2, 0.25) is 0 Å². The van der Waals surface area contributed by atoms with E-state index in [9.17, 15) is 4.39 Å². The van der Waals surface area contributed by atoms with Gasteiger partial charge in [-0.2, -0.15) is 5.10 Å². The van der Waals surface area contributed by atoms with Crippen LogP contribution in [0.15, 0.2) is 30.5 Å². The summed E-state index contributed by atoms with van der Waals surface area (Å²) in [5.41, 5.74) is 2.00. The summed E-state index contributed by atoms with van der Waals surface area (Å²) in [5, 5.41) is 7.79. The summed E-state index contributed by atoms with van der Waals surface area (Å²) >= 11 is 0. The zero-order chi connectivity index (χ0) is 14.5. The van der Waals surface area contributed by atoms with Gasteiger partial charge in [-0.3, -0.25) is 4.68 Å². The fraction of sp³-hybridized carbons (Fsp3) is 0.400. The molecule has 1 atom stereocenters. The summed E-state index contributed by atoms with van der Waals surface area (Å²) in [6.45, 7) is 2.88. The van der Waals surface area contributed by atoms with Crippen molar-refractivity contribution in [3.8, 4) is 5.75 Å². The quantitative estimate of drug-likeness (QED) is 0.881. The Labute approximate surface area is 118 Å². The van der Waals surface area contributed by atoms with Crippen LogP contribution in [0.5, 0.6) is 5.75 Å². The van der Waals surface area contributed by atoms with Crippen LogP contribution in [0, 0.1) is 5.82 Å². The van der Waals surface area contributed by atoms with E-state index < -0.39 is 0 Å². The highest BCUT2D eigenvalue weighted by atomic mass is 19.1. The minimum atomic E-state index is -0.343. The van der Waals surface area contributed by atoms with Crippen molar-refractivity contribution in [1.29, 1.82) is 0 Å². The molecule has 0 aliphatic rings. The molecular formula is C15H20FN3O. The molecule has 1 N–H and O–H groups in total. The Balaban J connectivity index is 2.23. The Morgan fingerprint density at radius 3 is 2.80 bits per heavy atom. The van der Waals surface area contributed by atoms with E-state index in [2.05, 4.69) is 10.4 Å². The molecule has 0 spiro atoms. The van der Waals surface area contributed by atoms with E-state index in [-0.39, 0.29) is 17.6 Å². The van der Waals surface area contributed by atoms with Gasteiger partial charge in [0.05, 0.1) is 12.8 Å². The van der Waals surface area contributed by atoms with Crippen LogP contribution in [0.3, 0.4) is 0 Å². The Bertz CT molecular complexity index is 568. The summed E-state index contributed by atoms with van der Waals surface area (Å²) in [7, 11) is 3.37. The molecule has 0 fully saturated rings. The maximum Gasteiger partial charge on any atom is 0.165 e. The van der Waals surface area contributed by atoms with Crippen LogP contribution in [-0.2, 0) is 13.5 Å². The summed E-state index contributed by atoms with van der Waals surface area (Å²) in [4.78, 5) is 0. The van der Waals surface area contributed by atoms with Gasteiger partial charge in [-0.15, -0.1) is 0 Å². The van der Waals surface area contributed by atoms with Gasteiger partial charge in [-0.25, -0.2) is 4.39 Å². The molecule has 20 heavy (non-hydrogen) atoms. The number of methoxy groups -OCH3 is 1. The molecule has 0 bridgehead atoms. The van der Waals surface area contributed by atoms with Crippen molar-refractivity contribution in [2.24, 2.45) is 7.05 Å². The number of hydrogen-bond acceptors (Lipinski definition) is 3. The molecular weight excluding hydrogens is 257 g/mol. The molecule has 5 heteroatoms. The van der Waals surface area contributed by atoms with Crippen LogP contribution in [0.25, 0.3) is 0 Å². The molecule has 1 aromatic heterocycles. The summed E-state index contributed by atoms with van der Waals surface area (Å²) in [6.07, 6.45) is 2.67. The predicted molar refractivity (Wildman–Crippen MR) is 76.3 cm³/mol. The third kappa shape index (κ3) is 3.36. The lowest BCUT2D eigenvalue weighted by Crippen LogP contribution is -2.23. The third-order valence-corrected chi connectivity index (χ3v) is 3.21. The highest BCUT2D eigenvalue weighted by molar-refractivity contribution is 5.32. The highest BCUT2D eigenvalue weighted by Crippen LogP contribution is 2.24. The van der Waals surface area contributed by atoms with Crippen LogP contribution in [-0.4, -0.2) is 23.4 Å². The third-order valence-electron chi connectivity index (χ3n) is 3.21. The van der Waals surface area contributed by atoms with Gasteiger partial charge >= 0.3 is 0 Å². The van der Waals surface area contributed by atoms with Gasteiger partial charge in [-0.05, 0) is 30.3 Å². The van der Waals surface area contributed by atoms with Crippen LogP contribution in [0.1, 0.15) is 24.2 Å². The van der Waals surface area contributed by atoms with E-state index >= 15 is 0 Å². The Morgan fingerprint density at radius 2 is 2.20 bits per heavy atom. The lowest BCUT2D eigenvalue weighted by molar-refractivity contribution is 0.384. The smallest absolute Gasteiger partial charge is 0.165 e. The molecule has 0 saturated carbocycles. The number of aromatic nitrogens is 2. The molecule has 4 nitrogen and oxygen atoms in total. The highest BCUT2D eigenvalue weighted by Gasteiger charge is 2.15. The van der Waals surface area contributed by atoms with Crippen LogP contribution < -0.4 is 10.1 Å². The average Bonchev–Trinajstić information content (AvgIpc) is 2.84. The number of halogens is 1. The first-order valence-corrected chi connectivity index (χ1v) is 6.69. The zero-order valence-corrected chi connectivity index (χ0v) is 12.1. The fourth-order valence-electron chi connectivity index (χ4n) is 2.23. The largest absolute Gasteiger partial charge is 0.494 e. The number of nitrogens with one attached hydrogen (secondary N) is 1. The number of likely N-dealkylation sites (N-methyl/N-ethyl adjacent to an activating group) is 1. The Kier molecular flexibility index (Phi) is 4.74. The van der Waals surface area contributed by atoms with Crippen molar-refractivity contribution >= 4 is 0 Å². The van der Waals surface area contributed by atoms with Gasteiger partial charge in [0.15, 0.2) is 11.6 Å². The zero-order valence-electron chi connectivity index (χ0n) is 12.1. The normalized spacial score (nSPS) is 12.4. The molecule has 2 rings (SSSR count). The Hall–Kier alpha value is -1.88. The maximum atomic E-state index is 13.5. The van der Waals surface area contributed by atoms with Crippen LogP contribution in [0.4, 0.5) is 4.39 Å².